The molecule has 4 aliphatic rings. The Labute approximate surface area is 232 Å². The van der Waals surface area contributed by atoms with E-state index in [9.17, 15) is 22.7 Å². The van der Waals surface area contributed by atoms with E-state index in [0.29, 0.717) is 61.7 Å². The second kappa shape index (κ2) is 10.8. The first-order valence-electron chi connectivity index (χ1n) is 14.2. The van der Waals surface area contributed by atoms with Crippen LogP contribution in [-0.2, 0) is 4.74 Å². The minimum absolute atomic E-state index is 0.107. The molecular weight excluding hydrogens is 526 g/mol. The highest BCUT2D eigenvalue weighted by atomic mass is 19.4. The van der Waals surface area contributed by atoms with Gasteiger partial charge in [-0.05, 0) is 76.2 Å². The lowest BCUT2D eigenvalue weighted by molar-refractivity contribution is -0.256. The number of ether oxygens (including phenoxy) is 2. The van der Waals surface area contributed by atoms with E-state index in [-0.39, 0.29) is 55.6 Å². The monoisotopic (exact) mass is 561 g/mol. The van der Waals surface area contributed by atoms with Crippen molar-refractivity contribution in [1.82, 2.24) is 14.8 Å². The highest BCUT2D eigenvalue weighted by molar-refractivity contribution is 5.58. The van der Waals surface area contributed by atoms with Crippen LogP contribution in [0.3, 0.4) is 0 Å². The number of aliphatic hydroxyl groups excluding tert-OH is 1. The highest BCUT2D eigenvalue weighted by Gasteiger charge is 2.58. The minimum Gasteiger partial charge on any atom is -0.484 e. The van der Waals surface area contributed by atoms with E-state index in [1.807, 2.05) is 11.8 Å². The first-order valence-corrected chi connectivity index (χ1v) is 14.2. The van der Waals surface area contributed by atoms with Crippen LogP contribution in [0.5, 0.6) is 5.75 Å². The topological polar surface area (TPSA) is 61.4 Å². The second-order valence-corrected chi connectivity index (χ2v) is 12.0. The predicted octanol–water partition coefficient (Wildman–Crippen LogP) is 5.16. The Bertz CT molecular complexity index is 1180. The molecule has 216 valence electrons. The summed E-state index contributed by atoms with van der Waals surface area (Å²) in [4.78, 5) is 8.40. The Balaban J connectivity index is 0.980. The average molecular weight is 562 g/mol. The molecule has 0 spiro atoms. The number of halogens is 4. The van der Waals surface area contributed by atoms with Gasteiger partial charge in [0.05, 0.1) is 24.3 Å². The van der Waals surface area contributed by atoms with Crippen molar-refractivity contribution in [2.45, 2.75) is 76.1 Å². The van der Waals surface area contributed by atoms with Crippen molar-refractivity contribution >= 4 is 0 Å². The van der Waals surface area contributed by atoms with E-state index in [1.54, 1.807) is 12.1 Å². The lowest BCUT2D eigenvalue weighted by Crippen LogP contribution is -2.53. The van der Waals surface area contributed by atoms with Crippen LogP contribution >= 0.6 is 0 Å². The SMILES string of the molecule is C[C@H]1C[C@@H](O)CN1C1OC1c1ccc(-c2c#cc(OCC3CCN(CC4(C(F)(F)F)CCC4)CC3)cn2)cc1F. The largest absolute Gasteiger partial charge is 0.484 e. The van der Waals surface area contributed by atoms with Gasteiger partial charge in [0.15, 0.2) is 5.75 Å². The van der Waals surface area contributed by atoms with Crippen LogP contribution in [0.25, 0.3) is 11.3 Å². The Kier molecular flexibility index (Phi) is 7.45. The normalized spacial score (nSPS) is 29.1. The van der Waals surface area contributed by atoms with Crippen molar-refractivity contribution in [3.8, 4) is 17.0 Å². The van der Waals surface area contributed by atoms with Crippen LogP contribution in [0.1, 0.15) is 57.1 Å². The molecule has 2 unspecified atom stereocenters. The van der Waals surface area contributed by atoms with Crippen LogP contribution in [-0.4, -0.2) is 77.2 Å². The molecule has 4 fully saturated rings. The first-order chi connectivity index (χ1) is 19.1. The zero-order valence-electron chi connectivity index (χ0n) is 22.6. The summed E-state index contributed by atoms with van der Waals surface area (Å²) in [5.41, 5.74) is -0.00614. The summed E-state index contributed by atoms with van der Waals surface area (Å²) in [6.07, 6.45) is -0.119. The summed E-state index contributed by atoms with van der Waals surface area (Å²) in [6, 6.07) is 11.0. The molecule has 6 rings (SSSR count). The van der Waals surface area contributed by atoms with E-state index in [0.717, 1.165) is 12.8 Å². The van der Waals surface area contributed by atoms with Gasteiger partial charge in [-0.3, -0.25) is 4.90 Å². The van der Waals surface area contributed by atoms with Gasteiger partial charge in [-0.15, -0.1) is 0 Å². The summed E-state index contributed by atoms with van der Waals surface area (Å²) in [5, 5.41) is 9.89. The summed E-state index contributed by atoms with van der Waals surface area (Å²) < 4.78 is 67.1. The van der Waals surface area contributed by atoms with E-state index in [2.05, 4.69) is 22.0 Å². The maximum Gasteiger partial charge on any atom is 0.395 e. The van der Waals surface area contributed by atoms with E-state index >= 15 is 0 Å². The number of piperidine rings is 1. The fraction of sp³-hybridized carbons (Fsp3) is 0.633. The number of epoxide rings is 1. The van der Waals surface area contributed by atoms with Crippen LogP contribution in [0.15, 0.2) is 24.4 Å². The third-order valence-electron chi connectivity index (χ3n) is 9.21. The van der Waals surface area contributed by atoms with Gasteiger partial charge in [-0.2, -0.15) is 13.2 Å². The molecule has 0 radical (unpaired) electrons. The van der Waals surface area contributed by atoms with Gasteiger partial charge in [0, 0.05) is 30.3 Å². The standard InChI is InChI=1S/C30H35F4N3O3/c1-19-13-22(38)16-37(19)28-27(40-28)24-5-3-21(14-25(24)31)26-6-4-23(15-35-26)39-17-20-7-11-36(12-8-20)18-29(9-2-10-29)30(32,33)34/h3,5,14-15,19-20,22,27-28,38H,2,7-13,16-18H2,1H3/t19-,22+,27?,28?/m0/s1. The van der Waals surface area contributed by atoms with Crippen molar-refractivity contribution < 1.29 is 32.1 Å². The van der Waals surface area contributed by atoms with Crippen LogP contribution in [0.4, 0.5) is 17.6 Å². The second-order valence-electron chi connectivity index (χ2n) is 12.0. The fourth-order valence-electron chi connectivity index (χ4n) is 6.48. The van der Waals surface area contributed by atoms with Gasteiger partial charge in [-0.25, -0.2) is 9.37 Å². The number of hydrogen-bond donors (Lipinski definition) is 1. The predicted molar refractivity (Wildman–Crippen MR) is 139 cm³/mol. The summed E-state index contributed by atoms with van der Waals surface area (Å²) in [5.74, 6) is 0.317. The molecule has 0 amide bonds. The molecule has 10 heteroatoms. The molecule has 1 aliphatic carbocycles. The van der Waals surface area contributed by atoms with Gasteiger partial charge in [0.25, 0.3) is 0 Å². The molecule has 40 heavy (non-hydrogen) atoms. The molecule has 4 atom stereocenters. The Morgan fingerprint density at radius 3 is 2.55 bits per heavy atom. The summed E-state index contributed by atoms with van der Waals surface area (Å²) >= 11 is 0. The molecule has 1 aromatic carbocycles. The van der Waals surface area contributed by atoms with Crippen molar-refractivity contribution in [1.29, 1.82) is 0 Å². The number of aromatic nitrogens is 1. The third-order valence-corrected chi connectivity index (χ3v) is 9.21. The van der Waals surface area contributed by atoms with Gasteiger partial charge >= 0.3 is 6.18 Å². The number of nitrogens with zero attached hydrogens (tertiary/aromatic N) is 3. The lowest BCUT2D eigenvalue weighted by atomic mass is 9.67. The number of hydrogen-bond acceptors (Lipinski definition) is 6. The van der Waals surface area contributed by atoms with E-state index in [1.165, 1.54) is 12.3 Å². The number of rotatable bonds is 8. The molecule has 2 aromatic rings. The number of β-amino-alcohol motifs (C(OH)–C–C–N with tert-alkyl or cyclic N) is 1. The molecule has 1 aromatic heterocycles. The van der Waals surface area contributed by atoms with Gasteiger partial charge in [-0.1, -0.05) is 18.6 Å². The summed E-state index contributed by atoms with van der Waals surface area (Å²) in [6.45, 7) is 4.41. The minimum atomic E-state index is -4.13. The fourth-order valence-corrected chi connectivity index (χ4v) is 6.48. The zero-order chi connectivity index (χ0) is 28.1. The molecule has 1 N–H and O–H groups in total. The molecule has 4 heterocycles. The molecule has 3 aliphatic heterocycles. The van der Waals surface area contributed by atoms with Crippen LogP contribution in [0, 0.1) is 29.3 Å². The third kappa shape index (κ3) is 5.54. The van der Waals surface area contributed by atoms with Crippen molar-refractivity contribution in [3.05, 3.63) is 47.9 Å². The lowest BCUT2D eigenvalue weighted by Gasteiger charge is -2.47. The molecule has 6 nitrogen and oxygen atoms in total. The number of alkyl halides is 3. The zero-order valence-corrected chi connectivity index (χ0v) is 22.6. The maximum atomic E-state index is 15.0. The summed E-state index contributed by atoms with van der Waals surface area (Å²) in [7, 11) is 0. The quantitative estimate of drug-likeness (QED) is 0.355. The van der Waals surface area contributed by atoms with E-state index < -0.39 is 11.6 Å². The van der Waals surface area contributed by atoms with Crippen LogP contribution in [0.2, 0.25) is 0 Å². The Hall–Kier alpha value is -2.45. The smallest absolute Gasteiger partial charge is 0.395 e. The van der Waals surface area contributed by atoms with Crippen molar-refractivity contribution in [3.63, 3.8) is 0 Å². The molecule has 1 saturated carbocycles. The van der Waals surface area contributed by atoms with Crippen LogP contribution < -0.4 is 4.74 Å². The molecule has 3 saturated heterocycles. The maximum absolute atomic E-state index is 15.0. The number of likely N-dealkylation sites (tertiary alicyclic amines) is 2. The highest BCUT2D eigenvalue weighted by Crippen LogP contribution is 2.53. The molecular formula is C30H35F4N3O3. The molecule has 0 bridgehead atoms. The number of aliphatic hydroxyl groups is 1. The van der Waals surface area contributed by atoms with Gasteiger partial charge in [0.1, 0.15) is 23.8 Å². The van der Waals surface area contributed by atoms with Crippen molar-refractivity contribution in [2.24, 2.45) is 11.3 Å². The first kappa shape index (κ1) is 27.7. The number of benzene rings is 1. The Morgan fingerprint density at radius 2 is 1.98 bits per heavy atom. The van der Waals surface area contributed by atoms with Gasteiger partial charge < -0.3 is 19.5 Å². The van der Waals surface area contributed by atoms with Gasteiger partial charge in [0.2, 0.25) is 0 Å². The van der Waals surface area contributed by atoms with Crippen molar-refractivity contribution in [2.75, 3.05) is 32.8 Å². The van der Waals surface area contributed by atoms with E-state index in [4.69, 9.17) is 9.47 Å². The Morgan fingerprint density at radius 1 is 1.20 bits per heavy atom. The average Bonchev–Trinajstić information content (AvgIpc) is 3.60.